The summed E-state index contributed by atoms with van der Waals surface area (Å²) in [4.78, 5) is 13.7. The van der Waals surface area contributed by atoms with Gasteiger partial charge in [0.25, 0.3) is 9.70 Å². The lowest BCUT2D eigenvalue weighted by molar-refractivity contribution is -0.118. The molecule has 0 N–H and O–H groups in total. The Bertz CT molecular complexity index is 638. The average molecular weight is 371 g/mol. The van der Waals surface area contributed by atoms with Gasteiger partial charge in [-0.2, -0.15) is 0 Å². The van der Waals surface area contributed by atoms with Crippen molar-refractivity contribution in [1.82, 2.24) is 0 Å². The zero-order valence-corrected chi connectivity index (χ0v) is 14.3. The van der Waals surface area contributed by atoms with Gasteiger partial charge in [0.1, 0.15) is 0 Å². The van der Waals surface area contributed by atoms with Crippen LogP contribution in [0.3, 0.4) is 0 Å². The van der Waals surface area contributed by atoms with Gasteiger partial charge in [-0.25, -0.2) is 8.42 Å². The van der Waals surface area contributed by atoms with Crippen LogP contribution in [-0.2, 0) is 14.6 Å². The molecular weight excluding hydrogens is 357 g/mol. The number of benzene rings is 1. The lowest BCUT2D eigenvalue weighted by atomic mass is 10.1. The van der Waals surface area contributed by atoms with Crippen LogP contribution in [0.2, 0.25) is 0 Å². The van der Waals surface area contributed by atoms with Crippen LogP contribution in [0, 0.1) is 6.92 Å². The van der Waals surface area contributed by atoms with Crippen molar-refractivity contribution in [3.63, 3.8) is 0 Å². The number of hydrogen-bond acceptors (Lipinski definition) is 3. The molecule has 0 bridgehead atoms. The van der Waals surface area contributed by atoms with Gasteiger partial charge < -0.3 is 4.90 Å². The maximum atomic E-state index is 12.4. The molecule has 1 atom stereocenters. The lowest BCUT2D eigenvalue weighted by Crippen LogP contribution is -2.47. The highest BCUT2D eigenvalue weighted by molar-refractivity contribution is 7.91. The summed E-state index contributed by atoms with van der Waals surface area (Å²) in [7, 11) is -3.16. The normalized spacial score (nSPS) is 21.2. The molecule has 1 amide bonds. The van der Waals surface area contributed by atoms with Gasteiger partial charge >= 0.3 is 0 Å². The SMILES string of the molecule is Cc1ccc(N(C(=O)C(Cl)(Cl)Cl)C2CCS(=O)(=O)C2)cc1. The first kappa shape index (κ1) is 16.9. The molecule has 0 aromatic heterocycles. The quantitative estimate of drug-likeness (QED) is 0.752. The number of anilines is 1. The molecule has 116 valence electrons. The maximum Gasteiger partial charge on any atom is 0.279 e. The molecule has 0 saturated carbocycles. The molecule has 0 radical (unpaired) electrons. The molecule has 1 unspecified atom stereocenters. The Hall–Kier alpha value is -0.490. The largest absolute Gasteiger partial charge is 0.305 e. The van der Waals surface area contributed by atoms with E-state index in [1.54, 1.807) is 12.1 Å². The third kappa shape index (κ3) is 4.03. The highest BCUT2D eigenvalue weighted by Crippen LogP contribution is 2.34. The zero-order chi connectivity index (χ0) is 15.8. The molecule has 0 aliphatic carbocycles. The van der Waals surface area contributed by atoms with E-state index < -0.39 is 25.6 Å². The van der Waals surface area contributed by atoms with Crippen molar-refractivity contribution in [1.29, 1.82) is 0 Å². The Morgan fingerprint density at radius 1 is 1.24 bits per heavy atom. The van der Waals surface area contributed by atoms with Crippen LogP contribution in [-0.4, -0.2) is 35.7 Å². The summed E-state index contributed by atoms with van der Waals surface area (Å²) in [5.41, 5.74) is 1.54. The van der Waals surface area contributed by atoms with Crippen molar-refractivity contribution in [3.05, 3.63) is 29.8 Å². The molecule has 1 aliphatic rings. The van der Waals surface area contributed by atoms with Crippen LogP contribution in [0.25, 0.3) is 0 Å². The molecular formula is C13H14Cl3NO3S. The Balaban J connectivity index is 2.40. The highest BCUT2D eigenvalue weighted by Gasteiger charge is 2.42. The van der Waals surface area contributed by atoms with Crippen molar-refractivity contribution in [2.45, 2.75) is 23.2 Å². The van der Waals surface area contributed by atoms with Gasteiger partial charge in [-0.05, 0) is 25.5 Å². The smallest absolute Gasteiger partial charge is 0.279 e. The van der Waals surface area contributed by atoms with Gasteiger partial charge in [0.2, 0.25) is 0 Å². The summed E-state index contributed by atoms with van der Waals surface area (Å²) in [6, 6.07) is 6.55. The van der Waals surface area contributed by atoms with E-state index in [9.17, 15) is 13.2 Å². The molecule has 1 fully saturated rings. The third-order valence-corrected chi connectivity index (χ3v) is 5.58. The number of nitrogens with zero attached hydrogens (tertiary/aromatic N) is 1. The fraction of sp³-hybridized carbons (Fsp3) is 0.462. The van der Waals surface area contributed by atoms with Gasteiger partial charge in [0.05, 0.1) is 17.5 Å². The number of amides is 1. The van der Waals surface area contributed by atoms with E-state index in [-0.39, 0.29) is 11.5 Å². The number of aryl methyl sites for hydroxylation is 1. The summed E-state index contributed by atoms with van der Waals surface area (Å²) in [6.45, 7) is 1.91. The predicted molar refractivity (Wildman–Crippen MR) is 86.0 cm³/mol. The van der Waals surface area contributed by atoms with E-state index in [1.807, 2.05) is 19.1 Å². The van der Waals surface area contributed by atoms with Crippen LogP contribution in [0.5, 0.6) is 0 Å². The molecule has 21 heavy (non-hydrogen) atoms. The highest BCUT2D eigenvalue weighted by atomic mass is 35.6. The Kier molecular flexibility index (Phi) is 4.78. The minimum atomic E-state index is -3.16. The van der Waals surface area contributed by atoms with Crippen LogP contribution >= 0.6 is 34.8 Å². The Morgan fingerprint density at radius 2 is 1.81 bits per heavy atom. The second-order valence-corrected chi connectivity index (χ2v) is 9.58. The minimum absolute atomic E-state index is 0.0349. The number of halogens is 3. The first-order valence-electron chi connectivity index (χ1n) is 6.28. The fourth-order valence-electron chi connectivity index (χ4n) is 2.31. The van der Waals surface area contributed by atoms with E-state index in [1.165, 1.54) is 4.90 Å². The number of sulfone groups is 1. The maximum absolute atomic E-state index is 12.4. The zero-order valence-electron chi connectivity index (χ0n) is 11.2. The first-order chi connectivity index (χ1) is 9.60. The van der Waals surface area contributed by atoms with Gasteiger partial charge in [0.15, 0.2) is 9.84 Å². The average Bonchev–Trinajstić information content (AvgIpc) is 2.71. The Labute approximate surface area is 138 Å². The van der Waals surface area contributed by atoms with Crippen molar-refractivity contribution in [3.8, 4) is 0 Å². The van der Waals surface area contributed by atoms with E-state index in [4.69, 9.17) is 34.8 Å². The monoisotopic (exact) mass is 369 g/mol. The molecule has 1 saturated heterocycles. The molecule has 8 heteroatoms. The van der Waals surface area contributed by atoms with E-state index in [0.29, 0.717) is 12.1 Å². The van der Waals surface area contributed by atoms with E-state index in [2.05, 4.69) is 0 Å². The molecule has 1 heterocycles. The van der Waals surface area contributed by atoms with Crippen LogP contribution < -0.4 is 4.90 Å². The summed E-state index contributed by atoms with van der Waals surface area (Å²) < 4.78 is 21.2. The van der Waals surface area contributed by atoms with Crippen molar-refractivity contribution in [2.24, 2.45) is 0 Å². The standard InChI is InChI=1S/C13H14Cl3NO3S/c1-9-2-4-10(5-3-9)17(12(18)13(14,15)16)11-6-7-21(19,20)8-11/h2-5,11H,6-8H2,1H3. The molecule has 1 aromatic rings. The van der Waals surface area contributed by atoms with E-state index in [0.717, 1.165) is 5.56 Å². The molecule has 1 aliphatic heterocycles. The summed E-state index contributed by atoms with van der Waals surface area (Å²) in [5, 5.41) is 0. The minimum Gasteiger partial charge on any atom is -0.305 e. The molecule has 4 nitrogen and oxygen atoms in total. The molecule has 0 spiro atoms. The summed E-state index contributed by atoms with van der Waals surface area (Å²) in [6.07, 6.45) is 0.336. The van der Waals surface area contributed by atoms with Crippen molar-refractivity contribution in [2.75, 3.05) is 16.4 Å². The lowest BCUT2D eigenvalue weighted by Gasteiger charge is -2.31. The number of rotatable bonds is 2. The molecule has 2 rings (SSSR count). The number of hydrogen-bond donors (Lipinski definition) is 0. The molecule has 1 aromatic carbocycles. The van der Waals surface area contributed by atoms with Crippen LogP contribution in [0.15, 0.2) is 24.3 Å². The van der Waals surface area contributed by atoms with Gasteiger partial charge in [-0.3, -0.25) is 4.79 Å². The van der Waals surface area contributed by atoms with Gasteiger partial charge in [-0.15, -0.1) is 0 Å². The first-order valence-corrected chi connectivity index (χ1v) is 9.23. The van der Waals surface area contributed by atoms with Crippen LogP contribution in [0.4, 0.5) is 5.69 Å². The van der Waals surface area contributed by atoms with Crippen LogP contribution in [0.1, 0.15) is 12.0 Å². The van der Waals surface area contributed by atoms with E-state index >= 15 is 0 Å². The van der Waals surface area contributed by atoms with Crippen molar-refractivity contribution < 1.29 is 13.2 Å². The summed E-state index contributed by atoms with van der Waals surface area (Å²) in [5.74, 6) is -0.820. The van der Waals surface area contributed by atoms with Gasteiger partial charge in [-0.1, -0.05) is 52.5 Å². The predicted octanol–water partition coefficient (Wildman–Crippen LogP) is 2.89. The van der Waals surface area contributed by atoms with Crippen molar-refractivity contribution >= 4 is 56.2 Å². The Morgan fingerprint density at radius 3 is 2.24 bits per heavy atom. The fourth-order valence-corrected chi connectivity index (χ4v) is 4.29. The van der Waals surface area contributed by atoms with Gasteiger partial charge in [0, 0.05) is 5.69 Å². The number of alkyl halides is 3. The summed E-state index contributed by atoms with van der Waals surface area (Å²) >= 11 is 17.1. The second-order valence-electron chi connectivity index (χ2n) is 5.07. The number of carbonyl (C=O) groups excluding carboxylic acids is 1. The second kappa shape index (κ2) is 5.95. The third-order valence-electron chi connectivity index (χ3n) is 3.35. The number of carbonyl (C=O) groups is 1. The topological polar surface area (TPSA) is 54.5 Å².